The Labute approximate surface area is 177 Å². The zero-order valence-corrected chi connectivity index (χ0v) is 16.4. The Balaban J connectivity index is 1.58. The summed E-state index contributed by atoms with van der Waals surface area (Å²) in [6.07, 6.45) is -4.24. The van der Waals surface area contributed by atoms with Gasteiger partial charge in [0.2, 0.25) is 0 Å². The third kappa shape index (κ3) is 3.82. The van der Waals surface area contributed by atoms with Crippen LogP contribution < -0.4 is 16.1 Å². The Morgan fingerprint density at radius 2 is 1.28 bits per heavy atom. The lowest BCUT2D eigenvalue weighted by atomic mass is 10.3. The Kier molecular flexibility index (Phi) is 5.20. The van der Waals surface area contributed by atoms with Gasteiger partial charge in [-0.25, -0.2) is 18.8 Å². The molecule has 0 radical (unpaired) electrons. The van der Waals surface area contributed by atoms with Crippen LogP contribution in [0, 0.1) is 0 Å². The van der Waals surface area contributed by atoms with Crippen molar-refractivity contribution in [3.05, 3.63) is 88.2 Å². The Morgan fingerprint density at radius 1 is 0.812 bits per heavy atom. The van der Waals surface area contributed by atoms with Gasteiger partial charge in [-0.05, 0) is 48.5 Å². The third-order valence-corrected chi connectivity index (χ3v) is 4.63. The van der Waals surface area contributed by atoms with E-state index in [9.17, 15) is 27.2 Å². The van der Waals surface area contributed by atoms with Gasteiger partial charge in [-0.2, -0.15) is 22.7 Å². The number of alkyl halides is 4. The number of benzene rings is 2. The maximum atomic E-state index is 13.0. The molecule has 0 amide bonds. The number of rotatable bonds is 6. The monoisotopic (exact) mass is 449 g/mol. The molecule has 0 N–H and O–H groups in total. The van der Waals surface area contributed by atoms with Crippen LogP contribution in [0.2, 0.25) is 0 Å². The van der Waals surface area contributed by atoms with Crippen LogP contribution in [0.4, 0.5) is 17.6 Å². The van der Waals surface area contributed by atoms with E-state index in [1.807, 2.05) is 0 Å². The SMILES string of the molecule is Cn1ncn(-c2ccc(-n3ccn(-c4ccc(OC(F)(F)C(F)F)cc4)c3=O)cc2)c1=O. The van der Waals surface area contributed by atoms with Crippen molar-refractivity contribution < 1.29 is 22.3 Å². The van der Waals surface area contributed by atoms with Gasteiger partial charge in [-0.1, -0.05) is 0 Å². The molecule has 0 aliphatic rings. The summed E-state index contributed by atoms with van der Waals surface area (Å²) in [6, 6.07) is 11.3. The molecule has 2 aromatic heterocycles. The smallest absolute Gasteiger partial charge is 0.428 e. The molecule has 0 aliphatic heterocycles. The Morgan fingerprint density at radius 3 is 1.72 bits per heavy atom. The van der Waals surface area contributed by atoms with Gasteiger partial charge in [0.25, 0.3) is 0 Å². The molecule has 0 spiro atoms. The Hall–Kier alpha value is -4.09. The molecule has 166 valence electrons. The van der Waals surface area contributed by atoms with Crippen LogP contribution >= 0.6 is 0 Å². The van der Waals surface area contributed by atoms with Crippen LogP contribution in [0.3, 0.4) is 0 Å². The first-order valence-corrected chi connectivity index (χ1v) is 9.14. The predicted octanol–water partition coefficient (Wildman–Crippen LogP) is 2.75. The minimum absolute atomic E-state index is 0.319. The van der Waals surface area contributed by atoms with E-state index in [0.717, 1.165) is 12.1 Å². The van der Waals surface area contributed by atoms with E-state index in [2.05, 4.69) is 9.84 Å². The number of aryl methyl sites for hydroxylation is 1. The molecule has 0 aliphatic carbocycles. The molecule has 4 aromatic rings. The van der Waals surface area contributed by atoms with Gasteiger partial charge in [0.1, 0.15) is 12.1 Å². The number of hydrogen-bond acceptors (Lipinski definition) is 4. The van der Waals surface area contributed by atoms with Crippen molar-refractivity contribution in [2.45, 2.75) is 12.5 Å². The van der Waals surface area contributed by atoms with Crippen LogP contribution in [0.15, 0.2) is 76.8 Å². The van der Waals surface area contributed by atoms with Crippen LogP contribution in [0.1, 0.15) is 0 Å². The summed E-state index contributed by atoms with van der Waals surface area (Å²) in [5.41, 5.74) is 0.629. The number of ether oxygens (including phenoxy) is 1. The maximum Gasteiger partial charge on any atom is 0.461 e. The van der Waals surface area contributed by atoms with Gasteiger partial charge < -0.3 is 4.74 Å². The topological polar surface area (TPSA) is 76.0 Å². The van der Waals surface area contributed by atoms with E-state index in [4.69, 9.17) is 0 Å². The van der Waals surface area contributed by atoms with Crippen molar-refractivity contribution in [1.82, 2.24) is 23.5 Å². The molecule has 0 atom stereocenters. The average molecular weight is 449 g/mol. The fourth-order valence-electron chi connectivity index (χ4n) is 2.98. The molecular formula is C20H15F4N5O3. The zero-order valence-electron chi connectivity index (χ0n) is 16.4. The molecule has 0 fully saturated rings. The van der Waals surface area contributed by atoms with Crippen molar-refractivity contribution >= 4 is 0 Å². The quantitative estimate of drug-likeness (QED) is 0.425. The second kappa shape index (κ2) is 7.87. The summed E-state index contributed by atoms with van der Waals surface area (Å²) in [4.78, 5) is 24.8. The number of halogens is 4. The first kappa shape index (κ1) is 21.2. The molecule has 0 bridgehead atoms. The first-order chi connectivity index (χ1) is 15.2. The van der Waals surface area contributed by atoms with Gasteiger partial charge in [0, 0.05) is 19.4 Å². The van der Waals surface area contributed by atoms with Crippen LogP contribution in [0.25, 0.3) is 17.1 Å². The molecule has 12 heteroatoms. The predicted molar refractivity (Wildman–Crippen MR) is 105 cm³/mol. The van der Waals surface area contributed by atoms with Crippen molar-refractivity contribution in [1.29, 1.82) is 0 Å². The van der Waals surface area contributed by atoms with Crippen molar-refractivity contribution in [2.75, 3.05) is 0 Å². The van der Waals surface area contributed by atoms with Crippen molar-refractivity contribution in [3.8, 4) is 22.8 Å². The molecule has 0 saturated heterocycles. The van der Waals surface area contributed by atoms with E-state index >= 15 is 0 Å². The summed E-state index contributed by atoms with van der Waals surface area (Å²) in [7, 11) is 1.53. The van der Waals surface area contributed by atoms with Gasteiger partial charge in [-0.15, -0.1) is 0 Å². The molecule has 8 nitrogen and oxygen atoms in total. The highest BCUT2D eigenvalue weighted by Crippen LogP contribution is 2.27. The van der Waals surface area contributed by atoms with Crippen molar-refractivity contribution in [2.24, 2.45) is 7.05 Å². The summed E-state index contributed by atoms with van der Waals surface area (Å²) >= 11 is 0. The summed E-state index contributed by atoms with van der Waals surface area (Å²) in [6.45, 7) is 0. The minimum Gasteiger partial charge on any atom is -0.428 e. The fraction of sp³-hybridized carbons (Fsp3) is 0.150. The third-order valence-electron chi connectivity index (χ3n) is 4.63. The van der Waals surface area contributed by atoms with E-state index in [1.165, 1.54) is 56.3 Å². The highest BCUT2D eigenvalue weighted by Gasteiger charge is 2.43. The normalized spacial score (nSPS) is 11.8. The van der Waals surface area contributed by atoms with Gasteiger partial charge in [-0.3, -0.25) is 9.13 Å². The molecule has 4 rings (SSSR count). The van der Waals surface area contributed by atoms with Crippen LogP contribution in [-0.2, 0) is 7.05 Å². The summed E-state index contributed by atoms with van der Waals surface area (Å²) < 4.78 is 59.7. The molecule has 2 heterocycles. The largest absolute Gasteiger partial charge is 0.461 e. The average Bonchev–Trinajstić information content (AvgIpc) is 3.31. The second-order valence-electron chi connectivity index (χ2n) is 6.70. The number of imidazole rings is 1. The highest BCUT2D eigenvalue weighted by atomic mass is 19.3. The van der Waals surface area contributed by atoms with Gasteiger partial charge in [0.05, 0.1) is 17.1 Å². The molecule has 2 aromatic carbocycles. The lowest BCUT2D eigenvalue weighted by Gasteiger charge is -2.16. The van der Waals surface area contributed by atoms with E-state index in [1.54, 1.807) is 24.3 Å². The summed E-state index contributed by atoms with van der Waals surface area (Å²) in [5, 5.41) is 3.88. The van der Waals surface area contributed by atoms with E-state index in [0.29, 0.717) is 17.1 Å². The summed E-state index contributed by atoms with van der Waals surface area (Å²) in [5.74, 6) is -0.465. The van der Waals surface area contributed by atoms with E-state index in [-0.39, 0.29) is 5.69 Å². The zero-order chi connectivity index (χ0) is 23.0. The van der Waals surface area contributed by atoms with Gasteiger partial charge >= 0.3 is 23.9 Å². The standard InChI is InChI=1S/C20H15F4N5O3/c1-26-18(30)29(12-25-26)15-4-2-13(3-5-15)27-10-11-28(19(27)31)14-6-8-16(9-7-14)32-20(23,24)17(21)22/h2-12,17H,1H3. The lowest BCUT2D eigenvalue weighted by Crippen LogP contribution is -2.33. The van der Waals surface area contributed by atoms with Crippen molar-refractivity contribution in [3.63, 3.8) is 0 Å². The molecule has 0 unspecified atom stereocenters. The van der Waals surface area contributed by atoms with E-state index < -0.39 is 24.0 Å². The highest BCUT2D eigenvalue weighted by molar-refractivity contribution is 5.43. The molecule has 0 saturated carbocycles. The fourth-order valence-corrected chi connectivity index (χ4v) is 2.98. The van der Waals surface area contributed by atoms with Crippen LogP contribution in [0.5, 0.6) is 5.75 Å². The number of hydrogen-bond donors (Lipinski definition) is 0. The molecular weight excluding hydrogens is 434 g/mol. The van der Waals surface area contributed by atoms with Crippen LogP contribution in [-0.4, -0.2) is 36.0 Å². The molecule has 32 heavy (non-hydrogen) atoms. The number of nitrogens with zero attached hydrogens (tertiary/aromatic N) is 5. The maximum absolute atomic E-state index is 13.0. The number of aromatic nitrogens is 5. The minimum atomic E-state index is -4.62. The lowest BCUT2D eigenvalue weighted by molar-refractivity contribution is -0.253. The van der Waals surface area contributed by atoms with Gasteiger partial charge in [0.15, 0.2) is 0 Å². The first-order valence-electron chi connectivity index (χ1n) is 9.14. The second-order valence-corrected chi connectivity index (χ2v) is 6.70. The Bertz CT molecular complexity index is 1350.